The van der Waals surface area contributed by atoms with Crippen LogP contribution in [0.25, 0.3) is 27.7 Å². The molecule has 2 aromatic carbocycles. The third kappa shape index (κ3) is 4.70. The molecule has 33 heavy (non-hydrogen) atoms. The molecule has 0 aliphatic rings. The van der Waals surface area contributed by atoms with Crippen molar-refractivity contribution in [2.24, 2.45) is 4.99 Å². The zero-order valence-corrected chi connectivity index (χ0v) is 18.8. The number of rotatable bonds is 6. The summed E-state index contributed by atoms with van der Waals surface area (Å²) in [5, 5.41) is 4.05. The summed E-state index contributed by atoms with van der Waals surface area (Å²) in [5.74, 6) is 0.244. The summed E-state index contributed by atoms with van der Waals surface area (Å²) in [5.41, 5.74) is 9.12. The lowest BCUT2D eigenvalue weighted by molar-refractivity contribution is 0.378. The monoisotopic (exact) mass is 464 g/mol. The van der Waals surface area contributed by atoms with Gasteiger partial charge in [0.25, 0.3) is 5.56 Å². The first-order valence-corrected chi connectivity index (χ1v) is 10.6. The van der Waals surface area contributed by atoms with Crippen molar-refractivity contribution in [3.63, 3.8) is 0 Å². The highest BCUT2D eigenvalue weighted by atomic mass is 35.5. The lowest BCUT2D eigenvalue weighted by atomic mass is 10.0. The van der Waals surface area contributed by atoms with Gasteiger partial charge in [-0.1, -0.05) is 23.7 Å². The van der Waals surface area contributed by atoms with Gasteiger partial charge < -0.3 is 11.1 Å². The van der Waals surface area contributed by atoms with E-state index >= 15 is 0 Å². The van der Waals surface area contributed by atoms with Gasteiger partial charge in [-0.25, -0.2) is 14.4 Å². The van der Waals surface area contributed by atoms with E-state index in [1.54, 1.807) is 68.1 Å². The quantitative estimate of drug-likeness (QED) is 0.323. The predicted molar refractivity (Wildman–Crippen MR) is 133 cm³/mol. The van der Waals surface area contributed by atoms with Gasteiger partial charge in [0.1, 0.15) is 6.17 Å². The molecular formula is C24H22ClFN6O. The van der Waals surface area contributed by atoms with E-state index in [1.807, 2.05) is 0 Å². The number of benzene rings is 2. The van der Waals surface area contributed by atoms with Crippen LogP contribution >= 0.6 is 11.6 Å². The van der Waals surface area contributed by atoms with Crippen LogP contribution in [0.5, 0.6) is 0 Å². The second kappa shape index (κ2) is 9.38. The molecule has 0 saturated heterocycles. The average Bonchev–Trinajstić information content (AvgIpc) is 2.80. The van der Waals surface area contributed by atoms with Gasteiger partial charge in [0.2, 0.25) is 5.95 Å². The summed E-state index contributed by atoms with van der Waals surface area (Å²) in [6, 6.07) is 12.2. The van der Waals surface area contributed by atoms with Crippen molar-refractivity contribution < 1.29 is 4.39 Å². The fourth-order valence-corrected chi connectivity index (χ4v) is 3.58. The number of anilines is 2. The second-order valence-corrected chi connectivity index (χ2v) is 7.98. The van der Waals surface area contributed by atoms with Crippen molar-refractivity contribution in [2.45, 2.75) is 13.1 Å². The minimum atomic E-state index is -1.07. The molecule has 1 unspecified atom stereocenters. The summed E-state index contributed by atoms with van der Waals surface area (Å²) in [4.78, 5) is 26.6. The molecule has 0 aliphatic heterocycles. The van der Waals surface area contributed by atoms with Gasteiger partial charge in [0, 0.05) is 59.5 Å². The third-order valence-corrected chi connectivity index (χ3v) is 5.30. The molecule has 7 nitrogen and oxygen atoms in total. The number of nitrogens with one attached hydrogen (secondary N) is 1. The van der Waals surface area contributed by atoms with Gasteiger partial charge in [-0.15, -0.1) is 0 Å². The van der Waals surface area contributed by atoms with Gasteiger partial charge in [-0.05, 0) is 42.8 Å². The van der Waals surface area contributed by atoms with Gasteiger partial charge in [0.05, 0.1) is 11.1 Å². The van der Waals surface area contributed by atoms with E-state index in [2.05, 4.69) is 20.3 Å². The standard InChI is InChI=1S/C24H22ClFN6O/c1-14(26)10-29-24-30-12-17-13-32(19-7-8-20(27)16(9-19)11-28-2)23(33)21(22(17)31-24)15-3-5-18(25)6-4-15/h3-9,11-14H,10,27H2,1-2H3,(H,29,31). The van der Waals surface area contributed by atoms with Crippen molar-refractivity contribution >= 4 is 40.4 Å². The number of fused-ring (bicyclic) bond motifs is 1. The number of pyridine rings is 1. The number of hydrogen-bond donors (Lipinski definition) is 2. The zero-order chi connectivity index (χ0) is 23.5. The Bertz CT molecular complexity index is 1400. The van der Waals surface area contributed by atoms with Crippen molar-refractivity contribution in [2.75, 3.05) is 24.6 Å². The van der Waals surface area contributed by atoms with Gasteiger partial charge >= 0.3 is 0 Å². The molecule has 0 spiro atoms. The number of nitrogens with two attached hydrogens (primary N) is 1. The Kier molecular flexibility index (Phi) is 6.37. The van der Waals surface area contributed by atoms with Crippen molar-refractivity contribution in [3.8, 4) is 16.8 Å². The highest BCUT2D eigenvalue weighted by Gasteiger charge is 2.17. The van der Waals surface area contributed by atoms with E-state index in [0.717, 1.165) is 0 Å². The Morgan fingerprint density at radius 2 is 2.03 bits per heavy atom. The maximum atomic E-state index is 13.7. The first kappa shape index (κ1) is 22.4. The Balaban J connectivity index is 1.98. The summed E-state index contributed by atoms with van der Waals surface area (Å²) < 4.78 is 14.8. The van der Waals surface area contributed by atoms with Crippen LogP contribution < -0.4 is 16.6 Å². The van der Waals surface area contributed by atoms with Crippen LogP contribution in [0.4, 0.5) is 16.0 Å². The fraction of sp³-hybridized carbons (Fsp3) is 0.167. The summed E-state index contributed by atoms with van der Waals surface area (Å²) in [6.45, 7) is 1.50. The lowest BCUT2D eigenvalue weighted by Crippen LogP contribution is -2.21. The first-order chi connectivity index (χ1) is 15.9. The fourth-order valence-electron chi connectivity index (χ4n) is 3.45. The molecule has 4 rings (SSSR count). The Morgan fingerprint density at radius 3 is 2.73 bits per heavy atom. The summed E-state index contributed by atoms with van der Waals surface area (Å²) >= 11 is 6.06. The number of nitrogen functional groups attached to an aromatic ring is 1. The number of hydrogen-bond acceptors (Lipinski definition) is 6. The molecule has 0 saturated carbocycles. The lowest BCUT2D eigenvalue weighted by Gasteiger charge is -2.14. The molecule has 2 aromatic heterocycles. The van der Waals surface area contributed by atoms with E-state index in [-0.39, 0.29) is 18.1 Å². The smallest absolute Gasteiger partial charge is 0.265 e. The molecule has 0 fully saturated rings. The average molecular weight is 465 g/mol. The normalized spacial score (nSPS) is 12.4. The number of halogens is 2. The van der Waals surface area contributed by atoms with Crippen molar-refractivity contribution in [3.05, 3.63) is 75.8 Å². The summed E-state index contributed by atoms with van der Waals surface area (Å²) in [7, 11) is 1.65. The van der Waals surface area contributed by atoms with Gasteiger partial charge in [-0.2, -0.15) is 0 Å². The van der Waals surface area contributed by atoms with E-state index in [0.29, 0.717) is 44.0 Å². The van der Waals surface area contributed by atoms with E-state index in [4.69, 9.17) is 17.3 Å². The number of nitrogens with zero attached hydrogens (tertiary/aromatic N) is 4. The largest absolute Gasteiger partial charge is 0.398 e. The molecule has 3 N–H and O–H groups in total. The number of aliphatic imine (C=N–C) groups is 1. The molecule has 0 bridgehead atoms. The highest BCUT2D eigenvalue weighted by Crippen LogP contribution is 2.27. The Labute approximate surface area is 194 Å². The first-order valence-electron chi connectivity index (χ1n) is 10.3. The van der Waals surface area contributed by atoms with Crippen LogP contribution in [-0.2, 0) is 0 Å². The van der Waals surface area contributed by atoms with Gasteiger partial charge in [-0.3, -0.25) is 14.4 Å². The molecule has 4 aromatic rings. The number of alkyl halides is 1. The van der Waals surface area contributed by atoms with Crippen LogP contribution in [-0.4, -0.2) is 40.5 Å². The third-order valence-electron chi connectivity index (χ3n) is 5.05. The highest BCUT2D eigenvalue weighted by molar-refractivity contribution is 6.30. The molecule has 1 atom stereocenters. The second-order valence-electron chi connectivity index (χ2n) is 7.55. The van der Waals surface area contributed by atoms with E-state index in [9.17, 15) is 9.18 Å². The Morgan fingerprint density at radius 1 is 1.27 bits per heavy atom. The van der Waals surface area contributed by atoms with Crippen LogP contribution in [0.3, 0.4) is 0 Å². The van der Waals surface area contributed by atoms with Crippen molar-refractivity contribution in [1.29, 1.82) is 0 Å². The minimum Gasteiger partial charge on any atom is -0.398 e. The SMILES string of the molecule is CN=Cc1cc(-n2cc3cnc(NCC(C)F)nc3c(-c3ccc(Cl)cc3)c2=O)ccc1N. The molecule has 0 aliphatic carbocycles. The topological polar surface area (TPSA) is 98.2 Å². The summed E-state index contributed by atoms with van der Waals surface area (Å²) in [6.07, 6.45) is 3.85. The van der Waals surface area contributed by atoms with Crippen LogP contribution in [0, 0.1) is 0 Å². The molecule has 0 radical (unpaired) electrons. The zero-order valence-electron chi connectivity index (χ0n) is 18.1. The van der Waals surface area contributed by atoms with Crippen LogP contribution in [0.1, 0.15) is 12.5 Å². The molecule has 9 heteroatoms. The predicted octanol–water partition coefficient (Wildman–Crippen LogP) is 4.50. The van der Waals surface area contributed by atoms with Crippen LogP contribution in [0.2, 0.25) is 5.02 Å². The van der Waals surface area contributed by atoms with Gasteiger partial charge in [0.15, 0.2) is 0 Å². The minimum absolute atomic E-state index is 0.0616. The molecular weight excluding hydrogens is 443 g/mol. The molecule has 0 amide bonds. The molecule has 2 heterocycles. The van der Waals surface area contributed by atoms with Crippen LogP contribution in [0.15, 0.2) is 64.6 Å². The molecule has 168 valence electrons. The Hall–Kier alpha value is -3.78. The van der Waals surface area contributed by atoms with Crippen molar-refractivity contribution in [1.82, 2.24) is 14.5 Å². The maximum Gasteiger partial charge on any atom is 0.265 e. The van der Waals surface area contributed by atoms with E-state index in [1.165, 1.54) is 11.5 Å². The maximum absolute atomic E-state index is 13.7. The van der Waals surface area contributed by atoms with E-state index < -0.39 is 6.17 Å². The number of aromatic nitrogens is 3.